The van der Waals surface area contributed by atoms with Gasteiger partial charge >= 0.3 is 0 Å². The summed E-state index contributed by atoms with van der Waals surface area (Å²) in [6.07, 6.45) is 6.54. The van der Waals surface area contributed by atoms with Crippen molar-refractivity contribution >= 4 is 11.6 Å². The maximum absolute atomic E-state index is 5.99. The third-order valence-electron chi connectivity index (χ3n) is 6.30. The first-order valence-electron chi connectivity index (χ1n) is 9.38. The Bertz CT molecular complexity index is 833. The lowest BCUT2D eigenvalue weighted by atomic mass is 9.64. The van der Waals surface area contributed by atoms with Gasteiger partial charge in [-0.15, -0.1) is 0 Å². The Morgan fingerprint density at radius 3 is 2.36 bits per heavy atom. The van der Waals surface area contributed by atoms with Crippen LogP contribution in [0.15, 0.2) is 48.5 Å². The average Bonchev–Trinajstić information content (AvgIpc) is 3.22. The van der Waals surface area contributed by atoms with E-state index in [1.54, 1.807) is 0 Å². The van der Waals surface area contributed by atoms with Crippen molar-refractivity contribution in [3.63, 3.8) is 0 Å². The Kier molecular flexibility index (Phi) is 3.41. The molecular weight excluding hydrogens is 308 g/mol. The van der Waals surface area contributed by atoms with E-state index in [0.29, 0.717) is 0 Å². The van der Waals surface area contributed by atoms with E-state index in [1.165, 1.54) is 27.8 Å². The molecule has 0 amide bonds. The standard InChI is InChI=1S/C23H24O2/c1-17-5-4-7-18(15-17)21-16-19-6-2-3-8-20(19)22(21)9-11-23(12-10-22)24-13-14-25-23/h2-8,15-16H,9-14H2,1H3. The van der Waals surface area contributed by atoms with Crippen LogP contribution in [0.2, 0.25) is 0 Å². The molecule has 0 aromatic heterocycles. The van der Waals surface area contributed by atoms with Crippen molar-refractivity contribution in [3.05, 3.63) is 70.8 Å². The van der Waals surface area contributed by atoms with Crippen LogP contribution in [0.4, 0.5) is 0 Å². The summed E-state index contributed by atoms with van der Waals surface area (Å²) in [6.45, 7) is 3.66. The number of fused-ring (bicyclic) bond motifs is 2. The summed E-state index contributed by atoms with van der Waals surface area (Å²) in [5.74, 6) is -0.319. The topological polar surface area (TPSA) is 18.5 Å². The van der Waals surface area contributed by atoms with Gasteiger partial charge in [0, 0.05) is 18.3 Å². The fourth-order valence-electron chi connectivity index (χ4n) is 5.05. The van der Waals surface area contributed by atoms with E-state index in [2.05, 4.69) is 61.5 Å². The number of ether oxygens (including phenoxy) is 2. The van der Waals surface area contributed by atoms with Gasteiger partial charge in [0.2, 0.25) is 0 Å². The highest BCUT2D eigenvalue weighted by Crippen LogP contribution is 2.57. The first-order valence-corrected chi connectivity index (χ1v) is 9.38. The van der Waals surface area contributed by atoms with Gasteiger partial charge in [-0.25, -0.2) is 0 Å². The Morgan fingerprint density at radius 1 is 0.840 bits per heavy atom. The minimum absolute atomic E-state index is 0.102. The van der Waals surface area contributed by atoms with E-state index < -0.39 is 0 Å². The molecule has 1 aliphatic heterocycles. The molecule has 2 heteroatoms. The van der Waals surface area contributed by atoms with Gasteiger partial charge in [0.05, 0.1) is 13.2 Å². The Labute approximate surface area is 149 Å². The van der Waals surface area contributed by atoms with Crippen molar-refractivity contribution < 1.29 is 9.47 Å². The van der Waals surface area contributed by atoms with Gasteiger partial charge in [0.1, 0.15) is 0 Å². The van der Waals surface area contributed by atoms with Crippen molar-refractivity contribution in [1.29, 1.82) is 0 Å². The van der Waals surface area contributed by atoms with Crippen LogP contribution in [0, 0.1) is 6.92 Å². The monoisotopic (exact) mass is 332 g/mol. The van der Waals surface area contributed by atoms with E-state index in [4.69, 9.17) is 9.47 Å². The Balaban J connectivity index is 1.59. The van der Waals surface area contributed by atoms with Crippen LogP contribution in [0.1, 0.15) is 47.9 Å². The van der Waals surface area contributed by atoms with Crippen molar-refractivity contribution in [3.8, 4) is 0 Å². The highest BCUT2D eigenvalue weighted by atomic mass is 16.7. The van der Waals surface area contributed by atoms with Gasteiger partial charge in [-0.05, 0) is 48.1 Å². The summed E-state index contributed by atoms with van der Waals surface area (Å²) in [4.78, 5) is 0. The van der Waals surface area contributed by atoms with E-state index in [1.807, 2.05) is 0 Å². The molecular formula is C23H24O2. The minimum Gasteiger partial charge on any atom is -0.348 e. The summed E-state index contributed by atoms with van der Waals surface area (Å²) < 4.78 is 12.0. The van der Waals surface area contributed by atoms with Crippen LogP contribution >= 0.6 is 0 Å². The number of aryl methyl sites for hydroxylation is 1. The predicted octanol–water partition coefficient (Wildman–Crippen LogP) is 5.10. The summed E-state index contributed by atoms with van der Waals surface area (Å²) in [7, 11) is 0. The molecule has 0 atom stereocenters. The summed E-state index contributed by atoms with van der Waals surface area (Å²) in [5.41, 5.74) is 7.12. The molecule has 3 aliphatic rings. The third kappa shape index (κ3) is 2.32. The van der Waals surface area contributed by atoms with Gasteiger partial charge < -0.3 is 9.47 Å². The van der Waals surface area contributed by atoms with Crippen LogP contribution in [-0.2, 0) is 14.9 Å². The highest BCUT2D eigenvalue weighted by molar-refractivity contribution is 5.94. The summed E-state index contributed by atoms with van der Waals surface area (Å²) in [6, 6.07) is 17.8. The molecule has 5 rings (SSSR count). The first kappa shape index (κ1) is 15.4. The maximum Gasteiger partial charge on any atom is 0.168 e. The van der Waals surface area contributed by atoms with E-state index in [-0.39, 0.29) is 11.2 Å². The average molecular weight is 332 g/mol. The molecule has 0 N–H and O–H groups in total. The normalized spacial score (nSPS) is 23.0. The van der Waals surface area contributed by atoms with Gasteiger partial charge in [-0.1, -0.05) is 54.1 Å². The molecule has 1 saturated heterocycles. The van der Waals surface area contributed by atoms with E-state index in [0.717, 1.165) is 38.9 Å². The molecule has 2 spiro atoms. The quantitative estimate of drug-likeness (QED) is 0.723. The third-order valence-corrected chi connectivity index (χ3v) is 6.30. The van der Waals surface area contributed by atoms with Gasteiger partial charge in [-0.2, -0.15) is 0 Å². The fraction of sp³-hybridized carbons (Fsp3) is 0.391. The summed E-state index contributed by atoms with van der Waals surface area (Å²) >= 11 is 0. The molecule has 0 unspecified atom stereocenters. The number of hydrogen-bond acceptors (Lipinski definition) is 2. The second kappa shape index (κ2) is 5.55. The van der Waals surface area contributed by atoms with E-state index >= 15 is 0 Å². The molecule has 25 heavy (non-hydrogen) atoms. The Morgan fingerprint density at radius 2 is 1.60 bits per heavy atom. The van der Waals surface area contributed by atoms with Gasteiger partial charge in [0.15, 0.2) is 5.79 Å². The lowest BCUT2D eigenvalue weighted by molar-refractivity contribution is -0.182. The molecule has 0 radical (unpaired) electrons. The zero-order valence-electron chi connectivity index (χ0n) is 14.8. The molecule has 2 aromatic rings. The number of benzene rings is 2. The second-order valence-corrected chi connectivity index (χ2v) is 7.70. The van der Waals surface area contributed by atoms with Crippen molar-refractivity contribution in [2.75, 3.05) is 13.2 Å². The fourth-order valence-corrected chi connectivity index (χ4v) is 5.05. The molecule has 2 fully saturated rings. The molecule has 2 nitrogen and oxygen atoms in total. The van der Waals surface area contributed by atoms with Crippen LogP contribution in [0.5, 0.6) is 0 Å². The predicted molar refractivity (Wildman–Crippen MR) is 100 cm³/mol. The number of hydrogen-bond donors (Lipinski definition) is 0. The largest absolute Gasteiger partial charge is 0.348 e. The molecule has 128 valence electrons. The molecule has 2 aromatic carbocycles. The van der Waals surface area contributed by atoms with Crippen molar-refractivity contribution in [2.45, 2.75) is 43.8 Å². The van der Waals surface area contributed by atoms with Crippen LogP contribution in [0.3, 0.4) is 0 Å². The van der Waals surface area contributed by atoms with Crippen LogP contribution < -0.4 is 0 Å². The maximum atomic E-state index is 5.99. The van der Waals surface area contributed by atoms with Gasteiger partial charge in [0.25, 0.3) is 0 Å². The number of rotatable bonds is 1. The Hall–Kier alpha value is -1.90. The molecule has 1 heterocycles. The second-order valence-electron chi connectivity index (χ2n) is 7.70. The van der Waals surface area contributed by atoms with Crippen molar-refractivity contribution in [2.24, 2.45) is 0 Å². The first-order chi connectivity index (χ1) is 12.2. The van der Waals surface area contributed by atoms with Crippen LogP contribution in [-0.4, -0.2) is 19.0 Å². The van der Waals surface area contributed by atoms with Crippen LogP contribution in [0.25, 0.3) is 11.6 Å². The molecule has 0 bridgehead atoms. The zero-order valence-corrected chi connectivity index (χ0v) is 14.8. The number of allylic oxidation sites excluding steroid dienone is 1. The lowest BCUT2D eigenvalue weighted by Crippen LogP contribution is -2.42. The summed E-state index contributed by atoms with van der Waals surface area (Å²) in [5, 5.41) is 0. The zero-order chi connectivity index (χ0) is 16.9. The van der Waals surface area contributed by atoms with Gasteiger partial charge in [-0.3, -0.25) is 0 Å². The SMILES string of the molecule is Cc1cccc(C2=Cc3ccccc3C23CCC2(CC3)OCCO2)c1. The van der Waals surface area contributed by atoms with E-state index in [9.17, 15) is 0 Å². The smallest absolute Gasteiger partial charge is 0.168 e. The molecule has 2 aliphatic carbocycles. The highest BCUT2D eigenvalue weighted by Gasteiger charge is 2.50. The van der Waals surface area contributed by atoms with Crippen molar-refractivity contribution in [1.82, 2.24) is 0 Å². The minimum atomic E-state index is -0.319. The molecule has 1 saturated carbocycles. The lowest BCUT2D eigenvalue weighted by Gasteiger charge is -2.44.